The number of hydrogen-bond acceptors (Lipinski definition) is 2. The number of amides is 3. The smallest absolute Gasteiger partial charge is 0.350 e. The number of halogens is 4. The summed E-state index contributed by atoms with van der Waals surface area (Å²) in [5.74, 6) is -1.85. The zero-order valence-electron chi connectivity index (χ0n) is 12.4. The Kier molecular flexibility index (Phi) is 4.49. The molecule has 126 valence electrons. The third-order valence-corrected chi connectivity index (χ3v) is 3.65. The number of hydrogen-bond donors (Lipinski definition) is 1. The van der Waals surface area contributed by atoms with Crippen molar-refractivity contribution in [2.45, 2.75) is 18.8 Å². The van der Waals surface area contributed by atoms with Crippen LogP contribution in [0.1, 0.15) is 11.1 Å². The minimum Gasteiger partial charge on any atom is -0.350 e. The zero-order chi connectivity index (χ0) is 17.4. The molecule has 1 saturated heterocycles. The first-order valence-corrected chi connectivity index (χ1v) is 6.72. The molecular weight excluding hydrogens is 318 g/mol. The van der Waals surface area contributed by atoms with E-state index in [1.165, 1.54) is 22.9 Å². The van der Waals surface area contributed by atoms with Crippen molar-refractivity contribution in [1.82, 2.24) is 15.1 Å². The molecule has 0 radical (unpaired) electrons. The van der Waals surface area contributed by atoms with Crippen LogP contribution in [-0.2, 0) is 17.5 Å². The predicted molar refractivity (Wildman–Crippen MR) is 72.8 cm³/mol. The maximum atomic E-state index is 13.2. The SMILES string of the molecule is CN1CC(C(=O)NCc2ccc(F)c(C(F)(F)F)c2)N(C)C1=O. The molecular formula is C14H15F4N3O2. The van der Waals surface area contributed by atoms with Crippen LogP contribution in [0.4, 0.5) is 22.4 Å². The lowest BCUT2D eigenvalue weighted by Crippen LogP contribution is -2.43. The van der Waals surface area contributed by atoms with Crippen molar-refractivity contribution in [1.29, 1.82) is 0 Å². The van der Waals surface area contributed by atoms with Gasteiger partial charge in [0, 0.05) is 20.6 Å². The quantitative estimate of drug-likeness (QED) is 0.858. The number of alkyl halides is 3. The number of likely N-dealkylation sites (N-methyl/N-ethyl adjacent to an activating group) is 2. The summed E-state index contributed by atoms with van der Waals surface area (Å²) in [4.78, 5) is 26.2. The van der Waals surface area contributed by atoms with Crippen molar-refractivity contribution < 1.29 is 27.2 Å². The second kappa shape index (κ2) is 6.05. The van der Waals surface area contributed by atoms with Gasteiger partial charge in [0.05, 0.1) is 12.1 Å². The predicted octanol–water partition coefficient (Wildman–Crippen LogP) is 1.83. The first-order chi connectivity index (χ1) is 10.6. The molecule has 5 nitrogen and oxygen atoms in total. The molecule has 1 aromatic rings. The van der Waals surface area contributed by atoms with Gasteiger partial charge in [0.1, 0.15) is 11.9 Å². The van der Waals surface area contributed by atoms with E-state index in [0.717, 1.165) is 0 Å². The molecule has 1 fully saturated rings. The Morgan fingerprint density at radius 1 is 1.35 bits per heavy atom. The number of carbonyl (C=O) groups is 2. The summed E-state index contributed by atoms with van der Waals surface area (Å²) in [5.41, 5.74) is -1.26. The Bertz CT molecular complexity index is 633. The summed E-state index contributed by atoms with van der Waals surface area (Å²) in [6, 6.07) is 1.51. The maximum Gasteiger partial charge on any atom is 0.419 e. The van der Waals surface area contributed by atoms with E-state index in [9.17, 15) is 27.2 Å². The molecule has 0 saturated carbocycles. The normalized spacial score (nSPS) is 18.5. The highest BCUT2D eigenvalue weighted by Crippen LogP contribution is 2.31. The summed E-state index contributed by atoms with van der Waals surface area (Å²) in [6.07, 6.45) is -4.80. The van der Waals surface area contributed by atoms with Gasteiger partial charge >= 0.3 is 12.2 Å². The summed E-state index contributed by atoms with van der Waals surface area (Å²) in [7, 11) is 3.01. The van der Waals surface area contributed by atoms with E-state index in [2.05, 4.69) is 5.32 Å². The summed E-state index contributed by atoms with van der Waals surface area (Å²) in [6.45, 7) is 0.00280. The molecule has 1 N–H and O–H groups in total. The molecule has 2 rings (SSSR count). The van der Waals surface area contributed by atoms with Crippen molar-refractivity contribution in [2.24, 2.45) is 0 Å². The Morgan fingerprint density at radius 2 is 2.00 bits per heavy atom. The minimum absolute atomic E-state index is 0.118. The molecule has 0 bridgehead atoms. The summed E-state index contributed by atoms with van der Waals surface area (Å²) < 4.78 is 51.1. The molecule has 1 aliphatic heterocycles. The lowest BCUT2D eigenvalue weighted by atomic mass is 10.1. The number of benzene rings is 1. The van der Waals surface area contributed by atoms with Crippen LogP contribution in [0, 0.1) is 5.82 Å². The molecule has 3 amide bonds. The van der Waals surface area contributed by atoms with Crippen LogP contribution < -0.4 is 5.32 Å². The number of nitrogens with zero attached hydrogens (tertiary/aromatic N) is 2. The van der Waals surface area contributed by atoms with Crippen LogP contribution in [0.15, 0.2) is 18.2 Å². The van der Waals surface area contributed by atoms with Crippen LogP contribution >= 0.6 is 0 Å². The number of rotatable bonds is 3. The van der Waals surface area contributed by atoms with Gasteiger partial charge in [-0.25, -0.2) is 9.18 Å². The first kappa shape index (κ1) is 17.0. The monoisotopic (exact) mass is 333 g/mol. The van der Waals surface area contributed by atoms with Gasteiger partial charge in [0.25, 0.3) is 0 Å². The standard InChI is InChI=1S/C14H15F4N3O2/c1-20-7-11(21(2)13(20)23)12(22)19-6-8-3-4-10(15)9(5-8)14(16,17)18/h3-5,11H,6-7H2,1-2H3,(H,19,22). The van der Waals surface area contributed by atoms with Crippen molar-refractivity contribution in [2.75, 3.05) is 20.6 Å². The van der Waals surface area contributed by atoms with Gasteiger partial charge in [-0.1, -0.05) is 6.07 Å². The molecule has 0 aliphatic carbocycles. The van der Waals surface area contributed by atoms with Gasteiger partial charge < -0.3 is 15.1 Å². The number of urea groups is 1. The van der Waals surface area contributed by atoms with Crippen LogP contribution in [0.25, 0.3) is 0 Å². The third-order valence-electron chi connectivity index (χ3n) is 3.65. The maximum absolute atomic E-state index is 13.2. The van der Waals surface area contributed by atoms with Crippen molar-refractivity contribution >= 4 is 11.9 Å². The molecule has 1 aliphatic rings. The number of nitrogens with one attached hydrogen (secondary N) is 1. The van der Waals surface area contributed by atoms with Gasteiger partial charge in [-0.3, -0.25) is 4.79 Å². The molecule has 0 aromatic heterocycles. The van der Waals surface area contributed by atoms with Gasteiger partial charge in [0.2, 0.25) is 5.91 Å². The Morgan fingerprint density at radius 3 is 2.52 bits per heavy atom. The molecule has 9 heteroatoms. The van der Waals surface area contributed by atoms with E-state index < -0.39 is 29.5 Å². The van der Waals surface area contributed by atoms with Gasteiger partial charge in [0.15, 0.2) is 0 Å². The average Bonchev–Trinajstić information content (AvgIpc) is 2.72. The second-order valence-corrected chi connectivity index (χ2v) is 5.32. The van der Waals surface area contributed by atoms with Crippen molar-refractivity contribution in [3.63, 3.8) is 0 Å². The second-order valence-electron chi connectivity index (χ2n) is 5.32. The topological polar surface area (TPSA) is 52.7 Å². The third kappa shape index (κ3) is 3.54. The van der Waals surface area contributed by atoms with E-state index in [1.807, 2.05) is 0 Å². The molecule has 0 spiro atoms. The average molecular weight is 333 g/mol. The van der Waals surface area contributed by atoms with Crippen LogP contribution in [0.5, 0.6) is 0 Å². The van der Waals surface area contributed by atoms with Gasteiger partial charge in [-0.05, 0) is 17.7 Å². The highest BCUT2D eigenvalue weighted by atomic mass is 19.4. The van der Waals surface area contributed by atoms with E-state index in [0.29, 0.717) is 12.1 Å². The lowest BCUT2D eigenvalue weighted by molar-refractivity contribution is -0.140. The molecule has 23 heavy (non-hydrogen) atoms. The van der Waals surface area contributed by atoms with E-state index in [4.69, 9.17) is 0 Å². The molecule has 1 heterocycles. The lowest BCUT2D eigenvalue weighted by Gasteiger charge is -2.17. The summed E-state index contributed by atoms with van der Waals surface area (Å²) in [5, 5.41) is 2.46. The fourth-order valence-electron chi connectivity index (χ4n) is 2.33. The summed E-state index contributed by atoms with van der Waals surface area (Å²) >= 11 is 0. The van der Waals surface area contributed by atoms with Crippen molar-refractivity contribution in [3.05, 3.63) is 35.1 Å². The minimum atomic E-state index is -4.80. The fourth-order valence-corrected chi connectivity index (χ4v) is 2.33. The van der Waals surface area contributed by atoms with Crippen LogP contribution in [0.2, 0.25) is 0 Å². The van der Waals surface area contributed by atoms with Crippen molar-refractivity contribution in [3.8, 4) is 0 Å². The van der Waals surface area contributed by atoms with Gasteiger partial charge in [-0.2, -0.15) is 13.2 Å². The van der Waals surface area contributed by atoms with E-state index in [-0.39, 0.29) is 24.7 Å². The largest absolute Gasteiger partial charge is 0.419 e. The fraction of sp³-hybridized carbons (Fsp3) is 0.429. The van der Waals surface area contributed by atoms with Gasteiger partial charge in [-0.15, -0.1) is 0 Å². The molecule has 1 atom stereocenters. The van der Waals surface area contributed by atoms with Crippen LogP contribution in [0.3, 0.4) is 0 Å². The van der Waals surface area contributed by atoms with Crippen LogP contribution in [-0.4, -0.2) is 48.4 Å². The Labute approximate surface area is 129 Å². The molecule has 1 aromatic carbocycles. The van der Waals surface area contributed by atoms with E-state index >= 15 is 0 Å². The van der Waals surface area contributed by atoms with E-state index in [1.54, 1.807) is 7.05 Å². The Balaban J connectivity index is 2.04. The highest BCUT2D eigenvalue weighted by Gasteiger charge is 2.37. The highest BCUT2D eigenvalue weighted by molar-refractivity contribution is 5.90. The Hall–Kier alpha value is -2.32. The molecule has 1 unspecified atom stereocenters. The number of carbonyl (C=O) groups excluding carboxylic acids is 2. The first-order valence-electron chi connectivity index (χ1n) is 6.72. The zero-order valence-corrected chi connectivity index (χ0v) is 12.4.